The Morgan fingerprint density at radius 3 is 3.06 bits per heavy atom. The maximum absolute atomic E-state index is 11.8. The van der Waals surface area contributed by atoms with E-state index in [1.807, 2.05) is 0 Å². The Morgan fingerprint density at radius 1 is 1.50 bits per heavy atom. The van der Waals surface area contributed by atoms with Crippen LogP contribution in [-0.4, -0.2) is 33.6 Å². The first kappa shape index (κ1) is 11.4. The number of amides is 1. The van der Waals surface area contributed by atoms with Gasteiger partial charge in [0.2, 0.25) is 5.91 Å². The summed E-state index contributed by atoms with van der Waals surface area (Å²) in [5, 5.41) is 4.84. The number of hydrogen-bond acceptors (Lipinski definition) is 4. The fourth-order valence-electron chi connectivity index (χ4n) is 2.09. The molecular formula is C11H12ClN5O. The summed E-state index contributed by atoms with van der Waals surface area (Å²) in [5.41, 5.74) is 6.25. The van der Waals surface area contributed by atoms with E-state index in [1.165, 1.54) is 0 Å². The molecule has 2 aromatic rings. The largest absolute Gasteiger partial charge is 0.330 e. The Morgan fingerprint density at radius 2 is 2.33 bits per heavy atom. The van der Waals surface area contributed by atoms with Gasteiger partial charge in [-0.2, -0.15) is 4.98 Å². The highest BCUT2D eigenvalue weighted by molar-refractivity contribution is 6.30. The summed E-state index contributed by atoms with van der Waals surface area (Å²) in [6, 6.07) is 3.50. The van der Waals surface area contributed by atoms with Gasteiger partial charge in [0.15, 0.2) is 5.65 Å². The van der Waals surface area contributed by atoms with Gasteiger partial charge in [-0.3, -0.25) is 9.69 Å². The first-order valence-corrected chi connectivity index (χ1v) is 6.07. The van der Waals surface area contributed by atoms with Crippen molar-refractivity contribution in [3.8, 4) is 0 Å². The average molecular weight is 266 g/mol. The molecule has 0 bridgehead atoms. The molecule has 1 unspecified atom stereocenters. The van der Waals surface area contributed by atoms with Crippen LogP contribution in [0.4, 0.5) is 5.95 Å². The molecule has 6 nitrogen and oxygen atoms in total. The molecule has 1 atom stereocenters. The Labute approximate surface area is 108 Å². The zero-order chi connectivity index (χ0) is 12.7. The first-order valence-electron chi connectivity index (χ1n) is 5.70. The summed E-state index contributed by atoms with van der Waals surface area (Å²) in [6.07, 6.45) is 2.13. The van der Waals surface area contributed by atoms with Crippen molar-refractivity contribution >= 4 is 29.1 Å². The molecule has 0 aromatic carbocycles. The molecule has 1 amide bonds. The van der Waals surface area contributed by atoms with E-state index in [1.54, 1.807) is 27.7 Å². The van der Waals surface area contributed by atoms with Gasteiger partial charge in [0, 0.05) is 19.2 Å². The van der Waals surface area contributed by atoms with Gasteiger partial charge < -0.3 is 5.73 Å². The number of hydrogen-bond donors (Lipinski definition) is 1. The van der Waals surface area contributed by atoms with Gasteiger partial charge in [0.25, 0.3) is 5.95 Å². The minimum Gasteiger partial charge on any atom is -0.330 e. The SMILES string of the molecule is NCC1CC(=O)N(c2nc3ccc(Cl)cn3n2)C1. The van der Waals surface area contributed by atoms with Crippen molar-refractivity contribution in [2.45, 2.75) is 6.42 Å². The van der Waals surface area contributed by atoms with Crippen LogP contribution in [0.25, 0.3) is 5.65 Å². The van der Waals surface area contributed by atoms with Crippen molar-refractivity contribution in [3.05, 3.63) is 23.4 Å². The van der Waals surface area contributed by atoms with Crippen LogP contribution in [0, 0.1) is 5.92 Å². The van der Waals surface area contributed by atoms with E-state index < -0.39 is 0 Å². The number of rotatable bonds is 2. The molecular weight excluding hydrogens is 254 g/mol. The van der Waals surface area contributed by atoms with E-state index in [-0.39, 0.29) is 11.8 Å². The zero-order valence-electron chi connectivity index (χ0n) is 9.58. The predicted octanol–water partition coefficient (Wildman–Crippen LogP) is 0.694. The number of pyridine rings is 1. The summed E-state index contributed by atoms with van der Waals surface area (Å²) in [7, 11) is 0. The third-order valence-corrected chi connectivity index (χ3v) is 3.29. The molecule has 1 aliphatic rings. The molecule has 2 aromatic heterocycles. The van der Waals surface area contributed by atoms with Crippen LogP contribution in [-0.2, 0) is 4.79 Å². The minimum absolute atomic E-state index is 0.0208. The molecule has 3 rings (SSSR count). The number of carbonyl (C=O) groups is 1. The van der Waals surface area contributed by atoms with Gasteiger partial charge in [-0.25, -0.2) is 4.52 Å². The first-order chi connectivity index (χ1) is 8.67. The summed E-state index contributed by atoms with van der Waals surface area (Å²) in [5.74, 6) is 0.623. The summed E-state index contributed by atoms with van der Waals surface area (Å²) < 4.78 is 1.57. The lowest BCUT2D eigenvalue weighted by Gasteiger charge is -2.10. The Hall–Kier alpha value is -1.66. The predicted molar refractivity (Wildman–Crippen MR) is 67.5 cm³/mol. The van der Waals surface area contributed by atoms with Gasteiger partial charge in [0.05, 0.1) is 5.02 Å². The van der Waals surface area contributed by atoms with Crippen LogP contribution in [0.1, 0.15) is 6.42 Å². The molecule has 0 saturated carbocycles. The monoisotopic (exact) mass is 265 g/mol. The van der Waals surface area contributed by atoms with Crippen LogP contribution < -0.4 is 10.6 Å². The second kappa shape index (κ2) is 4.22. The number of aromatic nitrogens is 3. The van der Waals surface area contributed by atoms with E-state index in [2.05, 4.69) is 10.1 Å². The van der Waals surface area contributed by atoms with Crippen molar-refractivity contribution in [2.24, 2.45) is 11.7 Å². The summed E-state index contributed by atoms with van der Waals surface area (Å²) in [6.45, 7) is 1.08. The zero-order valence-corrected chi connectivity index (χ0v) is 10.3. The smallest absolute Gasteiger partial charge is 0.252 e. The Kier molecular flexibility index (Phi) is 2.68. The molecule has 94 valence electrons. The van der Waals surface area contributed by atoms with Crippen molar-refractivity contribution in [2.75, 3.05) is 18.0 Å². The van der Waals surface area contributed by atoms with Crippen molar-refractivity contribution < 1.29 is 4.79 Å². The highest BCUT2D eigenvalue weighted by Gasteiger charge is 2.32. The van der Waals surface area contributed by atoms with E-state index in [0.717, 1.165) is 0 Å². The second-order valence-electron chi connectivity index (χ2n) is 4.37. The lowest BCUT2D eigenvalue weighted by Crippen LogP contribution is -2.26. The molecule has 18 heavy (non-hydrogen) atoms. The molecule has 0 radical (unpaired) electrons. The van der Waals surface area contributed by atoms with Crippen molar-refractivity contribution in [3.63, 3.8) is 0 Å². The third kappa shape index (κ3) is 1.83. The number of nitrogens with two attached hydrogens (primary N) is 1. The van der Waals surface area contributed by atoms with E-state index in [4.69, 9.17) is 17.3 Å². The average Bonchev–Trinajstić information content (AvgIpc) is 2.91. The van der Waals surface area contributed by atoms with Gasteiger partial charge in [-0.15, -0.1) is 5.10 Å². The fourth-order valence-corrected chi connectivity index (χ4v) is 2.25. The van der Waals surface area contributed by atoms with E-state index in [9.17, 15) is 4.79 Å². The molecule has 1 fully saturated rings. The Balaban J connectivity index is 1.97. The number of halogens is 1. The van der Waals surface area contributed by atoms with Crippen molar-refractivity contribution in [1.82, 2.24) is 14.6 Å². The van der Waals surface area contributed by atoms with E-state index in [0.29, 0.717) is 36.1 Å². The van der Waals surface area contributed by atoms with Crippen LogP contribution in [0.5, 0.6) is 0 Å². The summed E-state index contributed by atoms with van der Waals surface area (Å²) in [4.78, 5) is 17.7. The number of nitrogens with zero attached hydrogens (tertiary/aromatic N) is 4. The quantitative estimate of drug-likeness (QED) is 0.867. The number of anilines is 1. The van der Waals surface area contributed by atoms with Gasteiger partial charge in [-0.1, -0.05) is 11.6 Å². The Bertz CT molecular complexity index is 610. The molecule has 2 N–H and O–H groups in total. The van der Waals surface area contributed by atoms with Gasteiger partial charge in [-0.05, 0) is 24.6 Å². The fraction of sp³-hybridized carbons (Fsp3) is 0.364. The third-order valence-electron chi connectivity index (χ3n) is 3.06. The highest BCUT2D eigenvalue weighted by atomic mass is 35.5. The van der Waals surface area contributed by atoms with Crippen LogP contribution in [0.15, 0.2) is 18.3 Å². The highest BCUT2D eigenvalue weighted by Crippen LogP contribution is 2.22. The lowest BCUT2D eigenvalue weighted by molar-refractivity contribution is -0.117. The van der Waals surface area contributed by atoms with Crippen LogP contribution in [0.3, 0.4) is 0 Å². The molecule has 3 heterocycles. The maximum atomic E-state index is 11.8. The van der Waals surface area contributed by atoms with Gasteiger partial charge in [0.1, 0.15) is 0 Å². The molecule has 7 heteroatoms. The second-order valence-corrected chi connectivity index (χ2v) is 4.81. The lowest BCUT2D eigenvalue weighted by atomic mass is 10.1. The van der Waals surface area contributed by atoms with Crippen molar-refractivity contribution in [1.29, 1.82) is 0 Å². The molecule has 1 saturated heterocycles. The molecule has 0 spiro atoms. The van der Waals surface area contributed by atoms with Gasteiger partial charge >= 0.3 is 0 Å². The standard InChI is InChI=1S/C11H12ClN5O/c12-8-1-2-9-14-11(15-17(9)6-8)16-5-7(4-13)3-10(16)18/h1-2,6-7H,3-5,13H2. The van der Waals surface area contributed by atoms with Crippen LogP contribution >= 0.6 is 11.6 Å². The number of carbonyl (C=O) groups excluding carboxylic acids is 1. The molecule has 1 aliphatic heterocycles. The maximum Gasteiger partial charge on any atom is 0.252 e. The van der Waals surface area contributed by atoms with E-state index >= 15 is 0 Å². The molecule has 0 aliphatic carbocycles. The normalized spacial score (nSPS) is 20.0. The van der Waals surface area contributed by atoms with Crippen LogP contribution in [0.2, 0.25) is 5.02 Å². The topological polar surface area (TPSA) is 76.5 Å². The summed E-state index contributed by atoms with van der Waals surface area (Å²) >= 11 is 5.88. The minimum atomic E-state index is 0.0208. The number of fused-ring (bicyclic) bond motifs is 1.